The molecule has 0 aromatic heterocycles. The van der Waals surface area contributed by atoms with Crippen LogP contribution in [0, 0.1) is 5.92 Å². The molecule has 6 N–H and O–H groups in total. The van der Waals surface area contributed by atoms with Gasteiger partial charge in [0.05, 0.1) is 19.0 Å². The van der Waals surface area contributed by atoms with Crippen LogP contribution in [-0.4, -0.2) is 76.0 Å². The molecule has 4 unspecified atom stereocenters. The van der Waals surface area contributed by atoms with Gasteiger partial charge in [-0.3, -0.25) is 19.2 Å². The summed E-state index contributed by atoms with van der Waals surface area (Å²) < 4.78 is 0. The minimum absolute atomic E-state index is 0.297. The molecule has 0 aliphatic carbocycles. The van der Waals surface area contributed by atoms with Gasteiger partial charge in [0.15, 0.2) is 0 Å². The van der Waals surface area contributed by atoms with E-state index in [4.69, 9.17) is 15.9 Å². The topological polar surface area (TPSA) is 179 Å². The Hall–Kier alpha value is -2.69. The normalized spacial score (nSPS) is 19.4. The number of carbonyl (C=O) groups excluding carboxylic acids is 3. The highest BCUT2D eigenvalue weighted by Gasteiger charge is 2.34. The zero-order valence-electron chi connectivity index (χ0n) is 16.0. The van der Waals surface area contributed by atoms with E-state index in [2.05, 4.69) is 10.6 Å². The van der Waals surface area contributed by atoms with E-state index in [1.165, 1.54) is 4.90 Å². The summed E-state index contributed by atoms with van der Waals surface area (Å²) in [5, 5.41) is 22.7. The van der Waals surface area contributed by atoms with Gasteiger partial charge in [0.25, 0.3) is 0 Å². The van der Waals surface area contributed by atoms with Gasteiger partial charge in [-0.15, -0.1) is 0 Å². The zero-order chi connectivity index (χ0) is 21.4. The Balaban J connectivity index is 2.69. The Morgan fingerprint density at radius 2 is 1.82 bits per heavy atom. The van der Waals surface area contributed by atoms with Crippen LogP contribution < -0.4 is 16.4 Å². The van der Waals surface area contributed by atoms with Crippen molar-refractivity contribution in [2.75, 3.05) is 13.1 Å². The molecule has 1 aliphatic rings. The Kier molecular flexibility index (Phi) is 8.83. The fourth-order valence-electron chi connectivity index (χ4n) is 2.94. The van der Waals surface area contributed by atoms with E-state index in [9.17, 15) is 24.0 Å². The molecule has 3 amide bonds. The molecular formula is C17H28N4O7. The molecule has 1 aliphatic heterocycles. The highest BCUT2D eigenvalue weighted by molar-refractivity contribution is 5.93. The third kappa shape index (κ3) is 6.48. The smallest absolute Gasteiger partial charge is 0.326 e. The number of hydrogen-bond acceptors (Lipinski definition) is 6. The second kappa shape index (κ2) is 10.6. The first-order valence-corrected chi connectivity index (χ1v) is 9.16. The second-order valence-electron chi connectivity index (χ2n) is 6.88. The van der Waals surface area contributed by atoms with Crippen molar-refractivity contribution in [3.05, 3.63) is 0 Å². The van der Waals surface area contributed by atoms with Crippen molar-refractivity contribution in [2.45, 2.75) is 57.7 Å². The van der Waals surface area contributed by atoms with Crippen LogP contribution in [0.3, 0.4) is 0 Å². The lowest BCUT2D eigenvalue weighted by Crippen LogP contribution is -2.55. The third-order valence-corrected chi connectivity index (χ3v) is 4.80. The lowest BCUT2D eigenvalue weighted by Gasteiger charge is -2.26. The summed E-state index contributed by atoms with van der Waals surface area (Å²) in [6, 6.07) is -3.21. The van der Waals surface area contributed by atoms with Gasteiger partial charge in [0, 0.05) is 6.54 Å². The fourth-order valence-corrected chi connectivity index (χ4v) is 2.94. The maximum atomic E-state index is 12.5. The minimum Gasteiger partial charge on any atom is -0.481 e. The Morgan fingerprint density at radius 3 is 2.36 bits per heavy atom. The number of likely N-dealkylation sites (tertiary alicyclic amines) is 1. The van der Waals surface area contributed by atoms with E-state index in [0.717, 1.165) is 0 Å². The standard InChI is InChI=1S/C17H28N4O7/c1-3-9(2)14(20-15(25)10(18)7-13(23)24)16(26)19-8-12(22)21-6-4-5-11(21)17(27)28/h9-11,14H,3-8,18H2,1-2H3,(H,19,26)(H,20,25)(H,23,24)(H,27,28). The summed E-state index contributed by atoms with van der Waals surface area (Å²) in [7, 11) is 0. The monoisotopic (exact) mass is 400 g/mol. The largest absolute Gasteiger partial charge is 0.481 e. The van der Waals surface area contributed by atoms with Crippen molar-refractivity contribution in [3.8, 4) is 0 Å². The molecule has 1 rings (SSSR count). The molecule has 1 heterocycles. The lowest BCUT2D eigenvalue weighted by atomic mass is 9.97. The van der Waals surface area contributed by atoms with E-state index in [1.807, 2.05) is 0 Å². The molecule has 0 saturated carbocycles. The van der Waals surface area contributed by atoms with Gasteiger partial charge in [0.1, 0.15) is 12.1 Å². The second-order valence-corrected chi connectivity index (χ2v) is 6.88. The van der Waals surface area contributed by atoms with Crippen LogP contribution in [0.2, 0.25) is 0 Å². The molecule has 158 valence electrons. The number of carboxylic acids is 2. The highest BCUT2D eigenvalue weighted by atomic mass is 16.4. The summed E-state index contributed by atoms with van der Waals surface area (Å²) in [5.74, 6) is -4.54. The minimum atomic E-state index is -1.31. The van der Waals surface area contributed by atoms with Gasteiger partial charge in [-0.25, -0.2) is 4.79 Å². The first-order valence-electron chi connectivity index (χ1n) is 9.16. The quantitative estimate of drug-likeness (QED) is 0.294. The van der Waals surface area contributed by atoms with E-state index < -0.39 is 60.8 Å². The molecule has 0 bridgehead atoms. The van der Waals surface area contributed by atoms with Crippen molar-refractivity contribution >= 4 is 29.7 Å². The number of carboxylic acid groups (broad SMARTS) is 2. The van der Waals surface area contributed by atoms with E-state index in [0.29, 0.717) is 25.8 Å². The molecule has 0 radical (unpaired) electrons. The molecule has 0 aromatic rings. The molecule has 28 heavy (non-hydrogen) atoms. The van der Waals surface area contributed by atoms with Crippen molar-refractivity contribution in [1.29, 1.82) is 0 Å². The molecule has 0 aromatic carbocycles. The van der Waals surface area contributed by atoms with Crippen LogP contribution in [0.15, 0.2) is 0 Å². The van der Waals surface area contributed by atoms with Crippen LogP contribution in [0.1, 0.15) is 39.5 Å². The van der Waals surface area contributed by atoms with Gasteiger partial charge in [-0.2, -0.15) is 0 Å². The van der Waals surface area contributed by atoms with Gasteiger partial charge < -0.3 is 31.5 Å². The van der Waals surface area contributed by atoms with Crippen molar-refractivity contribution in [1.82, 2.24) is 15.5 Å². The zero-order valence-corrected chi connectivity index (χ0v) is 16.0. The van der Waals surface area contributed by atoms with Crippen LogP contribution in [-0.2, 0) is 24.0 Å². The van der Waals surface area contributed by atoms with Gasteiger partial charge in [0.2, 0.25) is 17.7 Å². The Morgan fingerprint density at radius 1 is 1.18 bits per heavy atom. The first kappa shape index (κ1) is 23.3. The molecule has 1 fully saturated rings. The van der Waals surface area contributed by atoms with Gasteiger partial charge in [-0.05, 0) is 18.8 Å². The Labute approximate surface area is 162 Å². The summed E-state index contributed by atoms with van der Waals surface area (Å²) in [6.45, 7) is 3.44. The van der Waals surface area contributed by atoms with Crippen molar-refractivity contribution < 1.29 is 34.2 Å². The molecule has 11 nitrogen and oxygen atoms in total. The number of amides is 3. The van der Waals surface area contributed by atoms with Crippen LogP contribution in [0.4, 0.5) is 0 Å². The maximum absolute atomic E-state index is 12.5. The summed E-state index contributed by atoms with van der Waals surface area (Å²) in [5.41, 5.74) is 5.52. The predicted molar refractivity (Wildman–Crippen MR) is 97.0 cm³/mol. The molecule has 11 heteroatoms. The number of nitrogens with two attached hydrogens (primary N) is 1. The summed E-state index contributed by atoms with van der Waals surface area (Å²) >= 11 is 0. The van der Waals surface area contributed by atoms with E-state index in [-0.39, 0.29) is 5.92 Å². The maximum Gasteiger partial charge on any atom is 0.326 e. The number of nitrogens with one attached hydrogen (secondary N) is 2. The Bertz CT molecular complexity index is 625. The third-order valence-electron chi connectivity index (χ3n) is 4.80. The summed E-state index contributed by atoms with van der Waals surface area (Å²) in [4.78, 5) is 59.9. The van der Waals surface area contributed by atoms with Crippen molar-refractivity contribution in [2.24, 2.45) is 11.7 Å². The van der Waals surface area contributed by atoms with Crippen LogP contribution in [0.25, 0.3) is 0 Å². The number of nitrogens with zero attached hydrogens (tertiary/aromatic N) is 1. The summed E-state index contributed by atoms with van der Waals surface area (Å²) in [6.07, 6.45) is 0.893. The SMILES string of the molecule is CCC(C)C(NC(=O)C(N)CC(=O)O)C(=O)NCC(=O)N1CCCC1C(=O)O. The molecule has 4 atom stereocenters. The molecule has 1 saturated heterocycles. The number of hydrogen-bond donors (Lipinski definition) is 5. The number of rotatable bonds is 10. The number of aliphatic carboxylic acids is 2. The van der Waals surface area contributed by atoms with Crippen LogP contribution >= 0.6 is 0 Å². The lowest BCUT2D eigenvalue weighted by molar-refractivity contribution is -0.148. The first-order chi connectivity index (χ1) is 13.1. The highest BCUT2D eigenvalue weighted by Crippen LogP contribution is 2.17. The fraction of sp³-hybridized carbons (Fsp3) is 0.706. The molecular weight excluding hydrogens is 372 g/mol. The van der Waals surface area contributed by atoms with E-state index >= 15 is 0 Å². The van der Waals surface area contributed by atoms with Gasteiger partial charge >= 0.3 is 11.9 Å². The predicted octanol–water partition coefficient (Wildman–Crippen LogP) is -1.49. The van der Waals surface area contributed by atoms with Crippen molar-refractivity contribution in [3.63, 3.8) is 0 Å². The van der Waals surface area contributed by atoms with Crippen LogP contribution in [0.5, 0.6) is 0 Å². The molecule has 0 spiro atoms. The average Bonchev–Trinajstić information content (AvgIpc) is 3.12. The van der Waals surface area contributed by atoms with Gasteiger partial charge in [-0.1, -0.05) is 20.3 Å². The van der Waals surface area contributed by atoms with E-state index in [1.54, 1.807) is 13.8 Å². The number of carbonyl (C=O) groups is 5. The average molecular weight is 400 g/mol.